The fourth-order valence-electron chi connectivity index (χ4n) is 4.96. The van der Waals surface area contributed by atoms with Crippen molar-refractivity contribution in [2.75, 3.05) is 6.54 Å². The number of piperidine rings is 1. The van der Waals surface area contributed by atoms with Gasteiger partial charge >= 0.3 is 5.63 Å². The first-order valence-corrected chi connectivity index (χ1v) is 9.50. The standard InChI is InChI=1S/C21H27NO2/c1-14-10-18-17(12-21(23)24-20(18)11-15(14)2)13-22-9-5-7-16-6-3-4-8-19(16)22/h10-12,16,19H,3-9,13H2,1-2H3/p+1/t16-,19-/m0/s1. The third kappa shape index (κ3) is 2.90. The number of aryl methyl sites for hydroxylation is 2. The first kappa shape index (κ1) is 15.9. The number of rotatable bonds is 2. The molecule has 2 aromatic rings. The maximum absolute atomic E-state index is 12.0. The Kier molecular flexibility index (Phi) is 4.21. The van der Waals surface area contributed by atoms with E-state index >= 15 is 0 Å². The van der Waals surface area contributed by atoms with Crippen LogP contribution in [0.15, 0.2) is 27.4 Å². The Hall–Kier alpha value is -1.61. The molecule has 3 nitrogen and oxygen atoms in total. The molecule has 4 rings (SSSR count). The molecular formula is C21H28NO2+. The molecular weight excluding hydrogens is 298 g/mol. The SMILES string of the molecule is Cc1cc2oc(=O)cc(C[NH+]3CCC[C@@H]4CCCC[C@@H]43)c2cc1C. The van der Waals surface area contributed by atoms with Gasteiger partial charge in [-0.2, -0.15) is 0 Å². The number of quaternary nitrogens is 1. The van der Waals surface area contributed by atoms with Crippen LogP contribution in [0.5, 0.6) is 0 Å². The molecule has 2 heterocycles. The normalized spacial score (nSPS) is 27.2. The first-order chi connectivity index (χ1) is 11.6. The van der Waals surface area contributed by atoms with E-state index in [0.29, 0.717) is 0 Å². The van der Waals surface area contributed by atoms with E-state index in [-0.39, 0.29) is 5.63 Å². The second-order valence-corrected chi connectivity index (χ2v) is 7.90. The molecule has 0 bridgehead atoms. The van der Waals surface area contributed by atoms with Gasteiger partial charge in [-0.25, -0.2) is 4.79 Å². The van der Waals surface area contributed by atoms with Crippen molar-refractivity contribution < 1.29 is 9.32 Å². The minimum Gasteiger partial charge on any atom is -0.423 e. The van der Waals surface area contributed by atoms with Crippen LogP contribution in [0.4, 0.5) is 0 Å². The van der Waals surface area contributed by atoms with Crippen molar-refractivity contribution in [1.82, 2.24) is 0 Å². The van der Waals surface area contributed by atoms with Crippen LogP contribution in [0.25, 0.3) is 11.0 Å². The summed E-state index contributed by atoms with van der Waals surface area (Å²) in [6.07, 6.45) is 8.28. The molecule has 1 aromatic heterocycles. The largest absolute Gasteiger partial charge is 0.423 e. The minimum absolute atomic E-state index is 0.211. The van der Waals surface area contributed by atoms with Gasteiger partial charge in [-0.05, 0) is 69.2 Å². The Labute approximate surface area is 143 Å². The molecule has 1 aliphatic heterocycles. The molecule has 1 aliphatic carbocycles. The van der Waals surface area contributed by atoms with Crippen LogP contribution in [0, 0.1) is 19.8 Å². The summed E-state index contributed by atoms with van der Waals surface area (Å²) in [5, 5.41) is 1.13. The number of benzene rings is 1. The van der Waals surface area contributed by atoms with Crippen molar-refractivity contribution in [2.24, 2.45) is 5.92 Å². The fraction of sp³-hybridized carbons (Fsp3) is 0.571. The van der Waals surface area contributed by atoms with Gasteiger partial charge in [0.05, 0.1) is 12.6 Å². The van der Waals surface area contributed by atoms with Crippen molar-refractivity contribution in [1.29, 1.82) is 0 Å². The maximum atomic E-state index is 12.0. The van der Waals surface area contributed by atoms with Crippen LogP contribution < -0.4 is 10.5 Å². The van der Waals surface area contributed by atoms with E-state index < -0.39 is 0 Å². The molecule has 1 unspecified atom stereocenters. The molecule has 0 radical (unpaired) electrons. The van der Waals surface area contributed by atoms with Gasteiger partial charge in [0.25, 0.3) is 0 Å². The zero-order chi connectivity index (χ0) is 16.7. The molecule has 0 spiro atoms. The monoisotopic (exact) mass is 326 g/mol. The summed E-state index contributed by atoms with van der Waals surface area (Å²) in [4.78, 5) is 13.7. The predicted octanol–water partition coefficient (Wildman–Crippen LogP) is 3.15. The Morgan fingerprint density at radius 3 is 2.67 bits per heavy atom. The third-order valence-corrected chi connectivity index (χ3v) is 6.37. The van der Waals surface area contributed by atoms with Gasteiger partial charge in [-0.3, -0.25) is 0 Å². The van der Waals surface area contributed by atoms with Gasteiger partial charge < -0.3 is 9.32 Å². The summed E-state index contributed by atoms with van der Waals surface area (Å²) in [6.45, 7) is 6.41. The van der Waals surface area contributed by atoms with Gasteiger partial charge in [-0.15, -0.1) is 0 Å². The molecule has 128 valence electrons. The van der Waals surface area contributed by atoms with Crippen LogP contribution >= 0.6 is 0 Å². The molecule has 2 fully saturated rings. The summed E-state index contributed by atoms with van der Waals surface area (Å²) in [6, 6.07) is 6.74. The predicted molar refractivity (Wildman–Crippen MR) is 96.5 cm³/mol. The summed E-state index contributed by atoms with van der Waals surface area (Å²) in [5.41, 5.74) is 4.15. The van der Waals surface area contributed by atoms with E-state index in [9.17, 15) is 4.79 Å². The lowest BCUT2D eigenvalue weighted by molar-refractivity contribution is -0.949. The summed E-state index contributed by atoms with van der Waals surface area (Å²) >= 11 is 0. The van der Waals surface area contributed by atoms with Crippen molar-refractivity contribution in [3.05, 3.63) is 45.3 Å². The van der Waals surface area contributed by atoms with Gasteiger partial charge in [0.2, 0.25) is 0 Å². The minimum atomic E-state index is -0.211. The van der Waals surface area contributed by atoms with Crippen LogP contribution in [0.3, 0.4) is 0 Å². The van der Waals surface area contributed by atoms with Gasteiger partial charge in [-0.1, -0.05) is 6.42 Å². The smallest absolute Gasteiger partial charge is 0.336 e. The molecule has 1 saturated carbocycles. The Balaban J connectivity index is 1.71. The average Bonchev–Trinajstić information content (AvgIpc) is 2.57. The lowest BCUT2D eigenvalue weighted by Gasteiger charge is -2.41. The molecule has 3 atom stereocenters. The quantitative estimate of drug-likeness (QED) is 0.861. The molecule has 3 heteroatoms. The van der Waals surface area contributed by atoms with E-state index in [1.54, 1.807) is 11.0 Å². The van der Waals surface area contributed by atoms with Crippen LogP contribution in [-0.2, 0) is 6.54 Å². The molecule has 1 saturated heterocycles. The highest BCUT2D eigenvalue weighted by molar-refractivity contribution is 5.81. The highest BCUT2D eigenvalue weighted by atomic mass is 16.4. The van der Waals surface area contributed by atoms with Gasteiger partial charge in [0, 0.05) is 22.9 Å². The molecule has 1 N–H and O–H groups in total. The first-order valence-electron chi connectivity index (χ1n) is 9.50. The number of hydrogen-bond donors (Lipinski definition) is 1. The lowest BCUT2D eigenvalue weighted by Crippen LogP contribution is -3.16. The molecule has 1 aromatic carbocycles. The van der Waals surface area contributed by atoms with Crippen molar-refractivity contribution in [3.63, 3.8) is 0 Å². The zero-order valence-electron chi connectivity index (χ0n) is 14.9. The zero-order valence-corrected chi connectivity index (χ0v) is 14.9. The molecule has 24 heavy (non-hydrogen) atoms. The maximum Gasteiger partial charge on any atom is 0.336 e. The molecule has 2 aliphatic rings. The highest BCUT2D eigenvalue weighted by Gasteiger charge is 2.36. The topological polar surface area (TPSA) is 34.6 Å². The number of likely N-dealkylation sites (tertiary alicyclic amines) is 1. The Bertz CT molecular complexity index is 805. The number of hydrogen-bond acceptors (Lipinski definition) is 2. The second-order valence-electron chi connectivity index (χ2n) is 7.90. The number of fused-ring (bicyclic) bond motifs is 2. The van der Waals surface area contributed by atoms with E-state index in [0.717, 1.165) is 29.5 Å². The Morgan fingerprint density at radius 1 is 1.04 bits per heavy atom. The molecule has 0 amide bonds. The fourth-order valence-corrected chi connectivity index (χ4v) is 4.96. The van der Waals surface area contributed by atoms with Crippen LogP contribution in [-0.4, -0.2) is 12.6 Å². The highest BCUT2D eigenvalue weighted by Crippen LogP contribution is 2.29. The number of nitrogens with one attached hydrogen (secondary N) is 1. The van der Waals surface area contributed by atoms with E-state index in [1.807, 2.05) is 6.07 Å². The van der Waals surface area contributed by atoms with E-state index in [2.05, 4.69) is 19.9 Å². The van der Waals surface area contributed by atoms with Crippen LogP contribution in [0.1, 0.15) is 55.2 Å². The summed E-state index contributed by atoms with van der Waals surface area (Å²) in [7, 11) is 0. The Morgan fingerprint density at radius 2 is 1.79 bits per heavy atom. The van der Waals surface area contributed by atoms with E-state index in [1.165, 1.54) is 61.8 Å². The second kappa shape index (κ2) is 6.36. The summed E-state index contributed by atoms with van der Waals surface area (Å²) < 4.78 is 5.47. The van der Waals surface area contributed by atoms with Gasteiger partial charge in [0.15, 0.2) is 0 Å². The van der Waals surface area contributed by atoms with Crippen molar-refractivity contribution in [2.45, 2.75) is 65.0 Å². The van der Waals surface area contributed by atoms with Crippen molar-refractivity contribution in [3.8, 4) is 0 Å². The third-order valence-electron chi connectivity index (χ3n) is 6.37. The van der Waals surface area contributed by atoms with Gasteiger partial charge in [0.1, 0.15) is 12.1 Å². The lowest BCUT2D eigenvalue weighted by atomic mass is 9.78. The summed E-state index contributed by atoms with van der Waals surface area (Å²) in [5.74, 6) is 0.901. The van der Waals surface area contributed by atoms with Crippen LogP contribution in [0.2, 0.25) is 0 Å². The van der Waals surface area contributed by atoms with E-state index in [4.69, 9.17) is 4.42 Å². The average molecular weight is 326 g/mol. The van der Waals surface area contributed by atoms with Crippen molar-refractivity contribution >= 4 is 11.0 Å².